The second-order valence-corrected chi connectivity index (χ2v) is 5.73. The zero-order chi connectivity index (χ0) is 11.5. The molecular weight excluding hydrogens is 332 g/mol. The van der Waals surface area contributed by atoms with E-state index >= 15 is 0 Å². The molecule has 0 spiro atoms. The summed E-state index contributed by atoms with van der Waals surface area (Å²) in [5.74, 6) is 1.00. The highest BCUT2D eigenvalue weighted by Crippen LogP contribution is 2.30. The van der Waals surface area contributed by atoms with Crippen molar-refractivity contribution in [3.63, 3.8) is 0 Å². The summed E-state index contributed by atoms with van der Waals surface area (Å²) < 4.78 is 1.12. The van der Waals surface area contributed by atoms with Gasteiger partial charge in [-0.15, -0.1) is 0 Å². The number of aromatic nitrogens is 2. The quantitative estimate of drug-likeness (QED) is 0.833. The normalized spacial score (nSPS) is 12.7. The fourth-order valence-electron chi connectivity index (χ4n) is 1.68. The number of benzene rings is 1. The Balaban J connectivity index is 2.17. The average Bonchev–Trinajstić information content (AvgIpc) is 2.70. The van der Waals surface area contributed by atoms with Crippen molar-refractivity contribution in [1.82, 2.24) is 9.97 Å². The number of rotatable bonds is 3. The van der Waals surface area contributed by atoms with Crippen molar-refractivity contribution in [2.45, 2.75) is 18.2 Å². The monoisotopic (exact) mass is 342 g/mol. The van der Waals surface area contributed by atoms with Crippen LogP contribution in [0.25, 0.3) is 0 Å². The van der Waals surface area contributed by atoms with Crippen molar-refractivity contribution < 1.29 is 0 Å². The third-order valence-electron chi connectivity index (χ3n) is 2.50. The molecule has 1 N–H and O–H groups in total. The summed E-state index contributed by atoms with van der Waals surface area (Å²) in [5.41, 5.74) is 2.59. The molecular formula is C12H12Br2N2. The predicted molar refractivity (Wildman–Crippen MR) is 72.8 cm³/mol. The molecule has 1 unspecified atom stereocenters. The smallest absolute Gasteiger partial charge is 0.107 e. The third-order valence-corrected chi connectivity index (χ3v) is 3.81. The van der Waals surface area contributed by atoms with Crippen LogP contribution in [0.1, 0.15) is 21.8 Å². The second kappa shape index (κ2) is 5.15. The Morgan fingerprint density at radius 1 is 1.44 bits per heavy atom. The van der Waals surface area contributed by atoms with Crippen molar-refractivity contribution in [2.24, 2.45) is 0 Å². The molecule has 0 aliphatic rings. The number of hydrogen-bond acceptors (Lipinski definition) is 1. The number of aryl methyl sites for hydroxylation is 1. The van der Waals surface area contributed by atoms with Crippen LogP contribution in [0.3, 0.4) is 0 Å². The standard InChI is InChI=1S/C12H12Br2N2/c1-8-6-9(13)2-3-10(8)11(14)7-12-15-4-5-16-12/h2-6,11H,7H2,1H3,(H,15,16). The van der Waals surface area contributed by atoms with E-state index in [1.54, 1.807) is 6.20 Å². The van der Waals surface area contributed by atoms with Gasteiger partial charge in [-0.1, -0.05) is 37.9 Å². The molecule has 2 nitrogen and oxygen atoms in total. The van der Waals surface area contributed by atoms with Gasteiger partial charge in [0.05, 0.1) is 0 Å². The van der Waals surface area contributed by atoms with Crippen LogP contribution in [0.2, 0.25) is 0 Å². The lowest BCUT2D eigenvalue weighted by Crippen LogP contribution is -1.99. The SMILES string of the molecule is Cc1cc(Br)ccc1C(Br)Cc1ncc[nH]1. The number of hydrogen-bond donors (Lipinski definition) is 1. The van der Waals surface area contributed by atoms with Crippen LogP contribution in [-0.4, -0.2) is 9.97 Å². The number of nitrogens with one attached hydrogen (secondary N) is 1. The minimum Gasteiger partial charge on any atom is -0.349 e. The van der Waals surface area contributed by atoms with E-state index in [1.807, 2.05) is 6.20 Å². The Morgan fingerprint density at radius 3 is 2.88 bits per heavy atom. The number of H-pyrrole nitrogens is 1. The number of aromatic amines is 1. The summed E-state index contributed by atoms with van der Waals surface area (Å²) in [7, 11) is 0. The molecule has 0 bridgehead atoms. The van der Waals surface area contributed by atoms with Gasteiger partial charge in [0.1, 0.15) is 5.82 Å². The van der Waals surface area contributed by atoms with E-state index in [9.17, 15) is 0 Å². The molecule has 0 aliphatic heterocycles. The maximum Gasteiger partial charge on any atom is 0.107 e. The molecule has 1 heterocycles. The second-order valence-electron chi connectivity index (χ2n) is 3.71. The first-order chi connectivity index (χ1) is 7.66. The van der Waals surface area contributed by atoms with Gasteiger partial charge in [-0.2, -0.15) is 0 Å². The highest BCUT2D eigenvalue weighted by Gasteiger charge is 2.12. The molecule has 0 radical (unpaired) electrons. The van der Waals surface area contributed by atoms with E-state index in [-0.39, 0.29) is 0 Å². The molecule has 0 amide bonds. The average molecular weight is 344 g/mol. The van der Waals surface area contributed by atoms with Crippen LogP contribution in [0.15, 0.2) is 35.1 Å². The molecule has 1 aromatic heterocycles. The van der Waals surface area contributed by atoms with Gasteiger partial charge in [-0.05, 0) is 30.2 Å². The van der Waals surface area contributed by atoms with Crippen molar-refractivity contribution in [3.05, 3.63) is 52.0 Å². The van der Waals surface area contributed by atoms with Crippen LogP contribution in [-0.2, 0) is 6.42 Å². The molecule has 0 fully saturated rings. The molecule has 2 rings (SSSR count). The zero-order valence-corrected chi connectivity index (χ0v) is 12.0. The van der Waals surface area contributed by atoms with Gasteiger partial charge in [-0.3, -0.25) is 0 Å². The van der Waals surface area contributed by atoms with Gasteiger partial charge >= 0.3 is 0 Å². The number of nitrogens with zero attached hydrogens (tertiary/aromatic N) is 1. The Hall–Kier alpha value is -0.610. The van der Waals surface area contributed by atoms with E-state index in [0.29, 0.717) is 4.83 Å². The van der Waals surface area contributed by atoms with Crippen LogP contribution >= 0.6 is 31.9 Å². The Bertz CT molecular complexity index is 466. The van der Waals surface area contributed by atoms with Gasteiger partial charge in [0.15, 0.2) is 0 Å². The largest absolute Gasteiger partial charge is 0.349 e. The highest BCUT2D eigenvalue weighted by atomic mass is 79.9. The van der Waals surface area contributed by atoms with Gasteiger partial charge in [0.25, 0.3) is 0 Å². The highest BCUT2D eigenvalue weighted by molar-refractivity contribution is 9.10. The van der Waals surface area contributed by atoms with Crippen LogP contribution in [0, 0.1) is 6.92 Å². The van der Waals surface area contributed by atoms with Crippen molar-refractivity contribution in [2.75, 3.05) is 0 Å². The maximum atomic E-state index is 4.23. The maximum absolute atomic E-state index is 4.23. The minimum absolute atomic E-state index is 0.298. The van der Waals surface area contributed by atoms with E-state index in [1.165, 1.54) is 11.1 Å². The molecule has 0 saturated heterocycles. The van der Waals surface area contributed by atoms with Gasteiger partial charge in [0, 0.05) is 28.1 Å². The lowest BCUT2D eigenvalue weighted by molar-refractivity contribution is 0.870. The fraction of sp³-hybridized carbons (Fsp3) is 0.250. The first-order valence-corrected chi connectivity index (χ1v) is 6.76. The number of alkyl halides is 1. The Kier molecular flexibility index (Phi) is 3.82. The van der Waals surface area contributed by atoms with Crippen molar-refractivity contribution in [3.8, 4) is 0 Å². The van der Waals surface area contributed by atoms with Crippen molar-refractivity contribution >= 4 is 31.9 Å². The topological polar surface area (TPSA) is 28.7 Å². The first-order valence-electron chi connectivity index (χ1n) is 5.05. The van der Waals surface area contributed by atoms with Crippen LogP contribution in [0.5, 0.6) is 0 Å². The predicted octanol–water partition coefficient (Wildman–Crippen LogP) is 4.16. The summed E-state index contributed by atoms with van der Waals surface area (Å²) in [6.45, 7) is 2.12. The number of halogens is 2. The molecule has 0 aliphatic carbocycles. The minimum atomic E-state index is 0.298. The lowest BCUT2D eigenvalue weighted by Gasteiger charge is -2.12. The molecule has 1 aromatic carbocycles. The lowest BCUT2D eigenvalue weighted by atomic mass is 10.0. The Labute approximate surface area is 112 Å². The van der Waals surface area contributed by atoms with Crippen molar-refractivity contribution in [1.29, 1.82) is 0 Å². The molecule has 0 saturated carbocycles. The first kappa shape index (κ1) is 11.9. The molecule has 2 aromatic rings. The van der Waals surface area contributed by atoms with Gasteiger partial charge < -0.3 is 4.98 Å². The van der Waals surface area contributed by atoms with Crippen LogP contribution in [0.4, 0.5) is 0 Å². The molecule has 16 heavy (non-hydrogen) atoms. The molecule has 84 valence electrons. The molecule has 4 heteroatoms. The summed E-state index contributed by atoms with van der Waals surface area (Å²) >= 11 is 7.18. The zero-order valence-electron chi connectivity index (χ0n) is 8.87. The fourth-order valence-corrected chi connectivity index (χ4v) is 2.98. The van der Waals surface area contributed by atoms with Gasteiger partial charge in [-0.25, -0.2) is 4.98 Å². The van der Waals surface area contributed by atoms with Gasteiger partial charge in [0.2, 0.25) is 0 Å². The third kappa shape index (κ3) is 2.74. The van der Waals surface area contributed by atoms with E-state index < -0.39 is 0 Å². The summed E-state index contributed by atoms with van der Waals surface area (Å²) in [5, 5.41) is 0. The van der Waals surface area contributed by atoms with Crippen LogP contribution < -0.4 is 0 Å². The van der Waals surface area contributed by atoms with E-state index in [4.69, 9.17) is 0 Å². The summed E-state index contributed by atoms with van der Waals surface area (Å²) in [6, 6.07) is 6.34. The van der Waals surface area contributed by atoms with E-state index in [2.05, 4.69) is 67.0 Å². The number of imidazole rings is 1. The Morgan fingerprint density at radius 2 is 2.25 bits per heavy atom. The van der Waals surface area contributed by atoms with E-state index in [0.717, 1.165) is 16.7 Å². The summed E-state index contributed by atoms with van der Waals surface area (Å²) in [6.07, 6.45) is 4.50. The summed E-state index contributed by atoms with van der Waals surface area (Å²) in [4.78, 5) is 7.65. The molecule has 1 atom stereocenters.